The minimum absolute atomic E-state index is 0.103. The van der Waals surface area contributed by atoms with Crippen molar-refractivity contribution in [2.75, 3.05) is 13.7 Å². The SMILES string of the molecule is CCON(C)Cc1cnn(Cc2ccc(-c3noc(C(F)(F)F)n3)cc2)c1. The van der Waals surface area contributed by atoms with E-state index in [2.05, 4.69) is 19.8 Å². The molecule has 0 aliphatic heterocycles. The number of alkyl halides is 3. The lowest BCUT2D eigenvalue weighted by atomic mass is 10.1. The lowest BCUT2D eigenvalue weighted by Crippen LogP contribution is -2.17. The van der Waals surface area contributed by atoms with Gasteiger partial charge in [-0.15, -0.1) is 0 Å². The van der Waals surface area contributed by atoms with Crippen molar-refractivity contribution in [3.63, 3.8) is 0 Å². The topological polar surface area (TPSA) is 69.2 Å². The van der Waals surface area contributed by atoms with Crippen molar-refractivity contribution in [3.8, 4) is 11.4 Å². The molecular formula is C17H18F3N5O2. The Morgan fingerprint density at radius 1 is 1.19 bits per heavy atom. The van der Waals surface area contributed by atoms with Crippen LogP contribution in [0.15, 0.2) is 41.2 Å². The van der Waals surface area contributed by atoms with E-state index in [-0.39, 0.29) is 5.82 Å². The maximum atomic E-state index is 12.5. The highest BCUT2D eigenvalue weighted by molar-refractivity contribution is 5.54. The number of rotatable bonds is 7. The molecule has 1 aromatic carbocycles. The van der Waals surface area contributed by atoms with Crippen LogP contribution in [0.2, 0.25) is 0 Å². The van der Waals surface area contributed by atoms with Crippen LogP contribution in [0, 0.1) is 0 Å². The summed E-state index contributed by atoms with van der Waals surface area (Å²) in [6.45, 7) is 3.66. The van der Waals surface area contributed by atoms with Crippen molar-refractivity contribution < 1.29 is 22.5 Å². The summed E-state index contributed by atoms with van der Waals surface area (Å²) in [7, 11) is 1.85. The lowest BCUT2D eigenvalue weighted by Gasteiger charge is -2.13. The molecule has 0 fully saturated rings. The van der Waals surface area contributed by atoms with Gasteiger partial charge in [-0.25, -0.2) is 0 Å². The molecule has 7 nitrogen and oxygen atoms in total. The summed E-state index contributed by atoms with van der Waals surface area (Å²) in [5.41, 5.74) is 2.39. The maximum absolute atomic E-state index is 12.5. The average molecular weight is 381 g/mol. The highest BCUT2D eigenvalue weighted by atomic mass is 19.4. The molecule has 0 saturated carbocycles. The highest BCUT2D eigenvalue weighted by Gasteiger charge is 2.38. The molecule has 0 radical (unpaired) electrons. The first-order valence-corrected chi connectivity index (χ1v) is 8.20. The van der Waals surface area contributed by atoms with Crippen LogP contribution >= 0.6 is 0 Å². The van der Waals surface area contributed by atoms with E-state index in [4.69, 9.17) is 4.84 Å². The average Bonchev–Trinajstić information content (AvgIpc) is 3.25. The fourth-order valence-electron chi connectivity index (χ4n) is 2.50. The molecule has 3 rings (SSSR count). The molecule has 3 aromatic rings. The normalized spacial score (nSPS) is 12.1. The Balaban J connectivity index is 1.64. The molecule has 0 spiro atoms. The second kappa shape index (κ2) is 7.89. The number of benzene rings is 1. The predicted octanol–water partition coefficient (Wildman–Crippen LogP) is 3.38. The van der Waals surface area contributed by atoms with E-state index in [9.17, 15) is 13.2 Å². The smallest absolute Gasteiger partial charge is 0.329 e. The van der Waals surface area contributed by atoms with Crippen molar-refractivity contribution in [2.24, 2.45) is 0 Å². The van der Waals surface area contributed by atoms with Gasteiger partial charge < -0.3 is 4.52 Å². The quantitative estimate of drug-likeness (QED) is 0.585. The van der Waals surface area contributed by atoms with E-state index >= 15 is 0 Å². The Kier molecular flexibility index (Phi) is 5.57. The minimum atomic E-state index is -4.65. The maximum Gasteiger partial charge on any atom is 0.471 e. The molecule has 0 amide bonds. The zero-order chi connectivity index (χ0) is 19.4. The third-order valence-corrected chi connectivity index (χ3v) is 3.67. The number of hydrogen-bond acceptors (Lipinski definition) is 6. The summed E-state index contributed by atoms with van der Waals surface area (Å²) in [6.07, 6.45) is -0.973. The molecule has 0 bridgehead atoms. The number of hydrogen-bond donors (Lipinski definition) is 0. The second-order valence-electron chi connectivity index (χ2n) is 5.87. The molecule has 0 saturated heterocycles. The number of hydroxylamine groups is 2. The molecule has 0 unspecified atom stereocenters. The molecule has 0 N–H and O–H groups in total. The van der Waals surface area contributed by atoms with E-state index in [0.29, 0.717) is 25.3 Å². The van der Waals surface area contributed by atoms with Gasteiger partial charge in [0.25, 0.3) is 0 Å². The largest absolute Gasteiger partial charge is 0.471 e. The van der Waals surface area contributed by atoms with Crippen LogP contribution in [0.1, 0.15) is 23.9 Å². The van der Waals surface area contributed by atoms with Crippen molar-refractivity contribution in [1.82, 2.24) is 25.0 Å². The summed E-state index contributed by atoms with van der Waals surface area (Å²) in [6, 6.07) is 6.86. The van der Waals surface area contributed by atoms with E-state index < -0.39 is 12.1 Å². The lowest BCUT2D eigenvalue weighted by molar-refractivity contribution is -0.159. The number of aromatic nitrogens is 4. The van der Waals surface area contributed by atoms with E-state index in [0.717, 1.165) is 11.1 Å². The van der Waals surface area contributed by atoms with E-state index in [1.165, 1.54) is 0 Å². The van der Waals surface area contributed by atoms with Gasteiger partial charge in [-0.3, -0.25) is 9.52 Å². The van der Waals surface area contributed by atoms with Crippen molar-refractivity contribution in [3.05, 3.63) is 53.7 Å². The molecule has 10 heteroatoms. The van der Waals surface area contributed by atoms with Gasteiger partial charge in [0.05, 0.1) is 25.9 Å². The molecule has 2 aromatic heterocycles. The molecule has 0 aliphatic carbocycles. The number of halogens is 3. The predicted molar refractivity (Wildman–Crippen MR) is 89.2 cm³/mol. The van der Waals surface area contributed by atoms with Crippen LogP contribution in [0.3, 0.4) is 0 Å². The van der Waals surface area contributed by atoms with Crippen molar-refractivity contribution in [2.45, 2.75) is 26.2 Å². The zero-order valence-electron chi connectivity index (χ0n) is 14.8. The van der Waals surface area contributed by atoms with Gasteiger partial charge in [-0.1, -0.05) is 29.4 Å². The molecule has 0 aliphatic rings. The van der Waals surface area contributed by atoms with Crippen LogP contribution in [0.4, 0.5) is 13.2 Å². The fourth-order valence-corrected chi connectivity index (χ4v) is 2.50. The summed E-state index contributed by atoms with van der Waals surface area (Å²) >= 11 is 0. The molecular weight excluding hydrogens is 363 g/mol. The summed E-state index contributed by atoms with van der Waals surface area (Å²) < 4.78 is 43.6. The van der Waals surface area contributed by atoms with Gasteiger partial charge in [0.15, 0.2) is 0 Å². The van der Waals surface area contributed by atoms with Crippen LogP contribution < -0.4 is 0 Å². The summed E-state index contributed by atoms with van der Waals surface area (Å²) in [5.74, 6) is -1.46. The Morgan fingerprint density at radius 2 is 1.93 bits per heavy atom. The Hall–Kier alpha value is -2.72. The van der Waals surface area contributed by atoms with Crippen LogP contribution in [0.25, 0.3) is 11.4 Å². The van der Waals surface area contributed by atoms with Crippen LogP contribution in [-0.2, 0) is 24.1 Å². The summed E-state index contributed by atoms with van der Waals surface area (Å²) in [4.78, 5) is 8.73. The molecule has 2 heterocycles. The van der Waals surface area contributed by atoms with E-state index in [1.54, 1.807) is 40.2 Å². The molecule has 144 valence electrons. The Bertz CT molecular complexity index is 873. The van der Waals surface area contributed by atoms with Gasteiger partial charge in [-0.05, 0) is 12.5 Å². The van der Waals surface area contributed by atoms with Crippen molar-refractivity contribution >= 4 is 0 Å². The summed E-state index contributed by atoms with van der Waals surface area (Å²) in [5, 5.41) is 9.41. The third kappa shape index (κ3) is 4.92. The zero-order valence-corrected chi connectivity index (χ0v) is 14.8. The van der Waals surface area contributed by atoms with Gasteiger partial charge in [0.2, 0.25) is 5.82 Å². The van der Waals surface area contributed by atoms with Crippen molar-refractivity contribution in [1.29, 1.82) is 0 Å². The van der Waals surface area contributed by atoms with Gasteiger partial charge >= 0.3 is 12.1 Å². The van der Waals surface area contributed by atoms with Gasteiger partial charge in [-0.2, -0.15) is 28.3 Å². The highest BCUT2D eigenvalue weighted by Crippen LogP contribution is 2.29. The van der Waals surface area contributed by atoms with Gasteiger partial charge in [0.1, 0.15) is 0 Å². The molecule has 27 heavy (non-hydrogen) atoms. The van der Waals surface area contributed by atoms with E-state index in [1.807, 2.05) is 20.2 Å². The first-order chi connectivity index (χ1) is 12.8. The first-order valence-electron chi connectivity index (χ1n) is 8.20. The Morgan fingerprint density at radius 3 is 2.56 bits per heavy atom. The van der Waals surface area contributed by atoms with Gasteiger partial charge in [0, 0.05) is 24.4 Å². The Labute approximate surface area is 153 Å². The number of nitrogens with zero attached hydrogens (tertiary/aromatic N) is 5. The second-order valence-corrected chi connectivity index (χ2v) is 5.87. The molecule has 0 atom stereocenters. The van der Waals surface area contributed by atoms with Crippen LogP contribution in [-0.4, -0.2) is 38.6 Å². The minimum Gasteiger partial charge on any atom is -0.329 e. The fraction of sp³-hybridized carbons (Fsp3) is 0.353. The standard InChI is InChI=1S/C17H18F3N5O2/c1-3-26-24(2)9-13-8-21-25(11-13)10-12-4-6-14(7-5-12)15-22-16(27-23-15)17(18,19)20/h4-8,11H,3,9-10H2,1-2H3. The first kappa shape index (κ1) is 19.1. The monoisotopic (exact) mass is 381 g/mol. The van der Waals surface area contributed by atoms with Crippen LogP contribution in [0.5, 0.6) is 0 Å². The third-order valence-electron chi connectivity index (χ3n) is 3.67.